The number of hydrogen-bond donors (Lipinski definition) is 2. The van der Waals surface area contributed by atoms with Gasteiger partial charge in [0.2, 0.25) is 0 Å². The SMILES string of the molecule is CC1(CO)CC(NC(=O)OCc2ccccc2)CN(C(=O)OC(C)(C)C)C1. The summed E-state index contributed by atoms with van der Waals surface area (Å²) in [7, 11) is 0. The third-order valence-electron chi connectivity index (χ3n) is 4.32. The van der Waals surface area contributed by atoms with Crippen LogP contribution in [0, 0.1) is 5.41 Å². The van der Waals surface area contributed by atoms with Crippen LogP contribution in [0.3, 0.4) is 0 Å². The largest absolute Gasteiger partial charge is 0.445 e. The predicted octanol–water partition coefficient (Wildman–Crippen LogP) is 2.92. The Bertz CT molecular complexity index is 644. The van der Waals surface area contributed by atoms with Crippen molar-refractivity contribution in [2.24, 2.45) is 5.41 Å². The van der Waals surface area contributed by atoms with Crippen LogP contribution in [0.4, 0.5) is 9.59 Å². The molecule has 2 atom stereocenters. The van der Waals surface area contributed by atoms with Crippen LogP contribution in [0.25, 0.3) is 0 Å². The average molecular weight is 378 g/mol. The second-order valence-corrected chi connectivity index (χ2v) is 8.44. The summed E-state index contributed by atoms with van der Waals surface area (Å²) in [5.41, 5.74) is -0.235. The van der Waals surface area contributed by atoms with E-state index in [1.807, 2.05) is 37.3 Å². The number of hydrogen-bond acceptors (Lipinski definition) is 5. The van der Waals surface area contributed by atoms with Gasteiger partial charge in [-0.1, -0.05) is 37.3 Å². The molecule has 0 bridgehead atoms. The maximum atomic E-state index is 12.4. The third-order valence-corrected chi connectivity index (χ3v) is 4.32. The van der Waals surface area contributed by atoms with Gasteiger partial charge in [-0.05, 0) is 32.8 Å². The highest BCUT2D eigenvalue weighted by molar-refractivity contribution is 5.70. The van der Waals surface area contributed by atoms with E-state index in [1.165, 1.54) is 4.90 Å². The van der Waals surface area contributed by atoms with Crippen molar-refractivity contribution in [1.29, 1.82) is 0 Å². The first-order chi connectivity index (χ1) is 12.6. The van der Waals surface area contributed by atoms with Crippen LogP contribution in [-0.4, -0.2) is 53.5 Å². The van der Waals surface area contributed by atoms with Gasteiger partial charge in [-0.15, -0.1) is 0 Å². The maximum Gasteiger partial charge on any atom is 0.410 e. The average Bonchev–Trinajstić information content (AvgIpc) is 2.59. The normalized spacial score (nSPS) is 22.9. The molecule has 1 aromatic rings. The van der Waals surface area contributed by atoms with Crippen molar-refractivity contribution in [3.63, 3.8) is 0 Å². The quantitative estimate of drug-likeness (QED) is 0.841. The fraction of sp³-hybridized carbons (Fsp3) is 0.600. The van der Waals surface area contributed by atoms with Crippen LogP contribution < -0.4 is 5.32 Å². The van der Waals surface area contributed by atoms with Gasteiger partial charge in [0, 0.05) is 18.5 Å². The fourth-order valence-electron chi connectivity index (χ4n) is 3.12. The summed E-state index contributed by atoms with van der Waals surface area (Å²) in [4.78, 5) is 26.1. The van der Waals surface area contributed by atoms with E-state index in [1.54, 1.807) is 20.8 Å². The van der Waals surface area contributed by atoms with Crippen LogP contribution >= 0.6 is 0 Å². The van der Waals surface area contributed by atoms with E-state index >= 15 is 0 Å². The van der Waals surface area contributed by atoms with Gasteiger partial charge in [0.1, 0.15) is 12.2 Å². The van der Waals surface area contributed by atoms with Crippen molar-refractivity contribution < 1.29 is 24.2 Å². The lowest BCUT2D eigenvalue weighted by Crippen LogP contribution is -2.57. The van der Waals surface area contributed by atoms with E-state index in [2.05, 4.69) is 5.32 Å². The molecular formula is C20H30N2O5. The van der Waals surface area contributed by atoms with E-state index in [9.17, 15) is 14.7 Å². The molecule has 1 saturated heterocycles. The summed E-state index contributed by atoms with van der Waals surface area (Å²) in [6.07, 6.45) is -0.454. The molecule has 150 valence electrons. The Morgan fingerprint density at radius 3 is 2.56 bits per heavy atom. The van der Waals surface area contributed by atoms with E-state index in [-0.39, 0.29) is 19.3 Å². The zero-order valence-electron chi connectivity index (χ0n) is 16.5. The number of nitrogens with zero attached hydrogens (tertiary/aromatic N) is 1. The summed E-state index contributed by atoms with van der Waals surface area (Å²) >= 11 is 0. The first kappa shape index (κ1) is 21.0. The lowest BCUT2D eigenvalue weighted by atomic mass is 9.80. The van der Waals surface area contributed by atoms with Crippen LogP contribution in [0.15, 0.2) is 30.3 Å². The smallest absolute Gasteiger partial charge is 0.410 e. The minimum absolute atomic E-state index is 0.0937. The molecule has 7 heteroatoms. The summed E-state index contributed by atoms with van der Waals surface area (Å²) in [6.45, 7) is 8.05. The van der Waals surface area contributed by atoms with Crippen LogP contribution in [0.5, 0.6) is 0 Å². The number of ether oxygens (including phenoxy) is 2. The van der Waals surface area contributed by atoms with Gasteiger partial charge >= 0.3 is 12.2 Å². The van der Waals surface area contributed by atoms with Gasteiger partial charge < -0.3 is 24.8 Å². The number of rotatable bonds is 4. The molecule has 2 rings (SSSR count). The van der Waals surface area contributed by atoms with Gasteiger partial charge in [0.25, 0.3) is 0 Å². The Labute approximate surface area is 160 Å². The number of piperidine rings is 1. The first-order valence-electron chi connectivity index (χ1n) is 9.16. The minimum Gasteiger partial charge on any atom is -0.445 e. The van der Waals surface area contributed by atoms with Crippen molar-refractivity contribution >= 4 is 12.2 Å². The minimum atomic E-state index is -0.609. The maximum absolute atomic E-state index is 12.4. The molecule has 2 N–H and O–H groups in total. The van der Waals surface area contributed by atoms with Gasteiger partial charge in [0.15, 0.2) is 0 Å². The topological polar surface area (TPSA) is 88.1 Å². The molecular weight excluding hydrogens is 348 g/mol. The number of carbonyl (C=O) groups is 2. The number of alkyl carbamates (subject to hydrolysis) is 1. The summed E-state index contributed by atoms with van der Waals surface area (Å²) in [6, 6.07) is 9.08. The van der Waals surface area contributed by atoms with E-state index in [0.717, 1.165) is 5.56 Å². The molecule has 0 radical (unpaired) electrons. The Kier molecular flexibility index (Phi) is 6.70. The Balaban J connectivity index is 1.95. The second-order valence-electron chi connectivity index (χ2n) is 8.44. The highest BCUT2D eigenvalue weighted by Crippen LogP contribution is 2.30. The lowest BCUT2D eigenvalue weighted by Gasteiger charge is -2.43. The molecule has 1 heterocycles. The highest BCUT2D eigenvalue weighted by Gasteiger charge is 2.39. The molecule has 2 amide bonds. The molecule has 0 aliphatic carbocycles. The zero-order chi connectivity index (χ0) is 20.1. The molecule has 1 aliphatic heterocycles. The standard InChI is InChI=1S/C20H30N2O5/c1-19(2,3)27-18(25)22-11-16(10-20(4,13-22)14-23)21-17(24)26-12-15-8-6-5-7-9-15/h5-9,16,23H,10-14H2,1-4H3,(H,21,24). The van der Waals surface area contributed by atoms with Crippen molar-refractivity contribution in [2.45, 2.75) is 52.4 Å². The number of aliphatic hydroxyl groups is 1. The van der Waals surface area contributed by atoms with Gasteiger partial charge in [0.05, 0.1) is 12.6 Å². The molecule has 0 aromatic heterocycles. The molecule has 7 nitrogen and oxygen atoms in total. The molecule has 1 aromatic carbocycles. The molecule has 2 unspecified atom stereocenters. The number of carbonyl (C=O) groups excluding carboxylic acids is 2. The molecule has 27 heavy (non-hydrogen) atoms. The van der Waals surface area contributed by atoms with Crippen molar-refractivity contribution in [3.05, 3.63) is 35.9 Å². The Morgan fingerprint density at radius 1 is 1.30 bits per heavy atom. The van der Waals surface area contributed by atoms with Gasteiger partial charge in [-0.2, -0.15) is 0 Å². The van der Waals surface area contributed by atoms with Crippen LogP contribution in [0.1, 0.15) is 39.7 Å². The fourth-order valence-corrected chi connectivity index (χ4v) is 3.12. The van der Waals surface area contributed by atoms with E-state index < -0.39 is 23.2 Å². The van der Waals surface area contributed by atoms with Crippen molar-refractivity contribution in [2.75, 3.05) is 19.7 Å². The molecule has 0 saturated carbocycles. The van der Waals surface area contributed by atoms with Gasteiger partial charge in [-0.3, -0.25) is 0 Å². The van der Waals surface area contributed by atoms with Crippen molar-refractivity contribution in [1.82, 2.24) is 10.2 Å². The Morgan fingerprint density at radius 2 is 1.96 bits per heavy atom. The number of likely N-dealkylation sites (tertiary alicyclic amines) is 1. The Hall–Kier alpha value is -2.28. The number of aliphatic hydroxyl groups excluding tert-OH is 1. The van der Waals surface area contributed by atoms with Crippen LogP contribution in [0.2, 0.25) is 0 Å². The summed E-state index contributed by atoms with van der Waals surface area (Å²) in [5, 5.41) is 12.6. The second kappa shape index (κ2) is 8.61. The molecule has 0 spiro atoms. The third kappa shape index (κ3) is 6.75. The number of amides is 2. The van der Waals surface area contributed by atoms with E-state index in [4.69, 9.17) is 9.47 Å². The first-order valence-corrected chi connectivity index (χ1v) is 9.16. The van der Waals surface area contributed by atoms with Gasteiger partial charge in [-0.25, -0.2) is 9.59 Å². The predicted molar refractivity (Wildman–Crippen MR) is 101 cm³/mol. The zero-order valence-corrected chi connectivity index (χ0v) is 16.5. The van der Waals surface area contributed by atoms with Crippen molar-refractivity contribution in [3.8, 4) is 0 Å². The van der Waals surface area contributed by atoms with E-state index in [0.29, 0.717) is 19.5 Å². The number of nitrogens with one attached hydrogen (secondary N) is 1. The number of benzene rings is 1. The summed E-state index contributed by atoms with van der Waals surface area (Å²) in [5.74, 6) is 0. The molecule has 1 aliphatic rings. The lowest BCUT2D eigenvalue weighted by molar-refractivity contribution is -0.0114. The molecule has 1 fully saturated rings. The highest BCUT2D eigenvalue weighted by atomic mass is 16.6. The monoisotopic (exact) mass is 378 g/mol. The summed E-state index contributed by atoms with van der Waals surface area (Å²) < 4.78 is 10.7. The van der Waals surface area contributed by atoms with Crippen LogP contribution in [-0.2, 0) is 16.1 Å².